The van der Waals surface area contributed by atoms with Crippen LogP contribution in [0.25, 0.3) is 0 Å². The lowest BCUT2D eigenvalue weighted by Crippen LogP contribution is -2.25. The number of aliphatic hydroxyl groups excluding tert-OH is 1. The van der Waals surface area contributed by atoms with Crippen molar-refractivity contribution in [3.8, 4) is 0 Å². The van der Waals surface area contributed by atoms with Crippen LogP contribution in [0.5, 0.6) is 0 Å². The largest absolute Gasteiger partial charge is 0.390 e. The maximum Gasteiger partial charge on any atom is 0.242 e. The van der Waals surface area contributed by atoms with E-state index in [-0.39, 0.29) is 11.5 Å². The Labute approximate surface area is 113 Å². The second-order valence-electron chi connectivity index (χ2n) is 4.71. The van der Waals surface area contributed by atoms with Crippen LogP contribution in [-0.4, -0.2) is 38.4 Å². The van der Waals surface area contributed by atoms with Gasteiger partial charge in [-0.2, -0.15) is 0 Å². The lowest BCUT2D eigenvalue weighted by molar-refractivity contribution is 0.196. The van der Waals surface area contributed by atoms with Gasteiger partial charge in [0.25, 0.3) is 0 Å². The first kappa shape index (κ1) is 14.5. The molecule has 108 valence electrons. The molecule has 0 atom stereocenters. The van der Waals surface area contributed by atoms with Crippen LogP contribution in [-0.2, 0) is 21.4 Å². The average molecular weight is 288 g/mol. The van der Waals surface area contributed by atoms with Crippen LogP contribution in [0, 0.1) is 0 Å². The second-order valence-corrected chi connectivity index (χ2v) is 6.47. The van der Waals surface area contributed by atoms with Crippen LogP contribution in [0.2, 0.25) is 0 Å². The van der Waals surface area contributed by atoms with E-state index >= 15 is 0 Å². The van der Waals surface area contributed by atoms with E-state index in [4.69, 9.17) is 4.74 Å². The summed E-state index contributed by atoms with van der Waals surface area (Å²) in [5.74, 6) is 0. The molecule has 2 rings (SSSR count). The van der Waals surface area contributed by atoms with Crippen molar-refractivity contribution in [1.82, 2.24) is 9.29 Å². The van der Waals surface area contributed by atoms with E-state index < -0.39 is 10.0 Å². The monoisotopic (exact) mass is 288 g/mol. The molecule has 6 nitrogen and oxygen atoms in total. The summed E-state index contributed by atoms with van der Waals surface area (Å²) in [6, 6.07) is 1.89. The number of sulfonamides is 1. The number of nitrogens with one attached hydrogen (secondary N) is 1. The Balaban J connectivity index is 2.07. The van der Waals surface area contributed by atoms with Gasteiger partial charge in [0.05, 0.1) is 11.5 Å². The zero-order valence-electron chi connectivity index (χ0n) is 11.0. The standard InChI is InChI=1S/C12H20N2O4S/c1-18-6-2-5-13-19(16,17)12-7-11(9-15)14(8-12)10-3-4-10/h7-8,10,13,15H,2-6,9H2,1H3. The van der Waals surface area contributed by atoms with Crippen molar-refractivity contribution >= 4 is 10.0 Å². The number of hydrogen-bond donors (Lipinski definition) is 2. The zero-order valence-corrected chi connectivity index (χ0v) is 11.8. The quantitative estimate of drug-likeness (QED) is 0.688. The SMILES string of the molecule is COCCCNS(=O)(=O)c1cc(CO)n(C2CC2)c1. The Morgan fingerprint density at radius 1 is 1.53 bits per heavy atom. The molecule has 0 radical (unpaired) electrons. The summed E-state index contributed by atoms with van der Waals surface area (Å²) in [6.45, 7) is 0.725. The predicted octanol–water partition coefficient (Wildman–Crippen LogP) is 0.630. The topological polar surface area (TPSA) is 80.6 Å². The number of nitrogens with zero attached hydrogens (tertiary/aromatic N) is 1. The van der Waals surface area contributed by atoms with Crippen LogP contribution in [0.15, 0.2) is 17.2 Å². The van der Waals surface area contributed by atoms with Gasteiger partial charge in [-0.15, -0.1) is 0 Å². The molecule has 0 unspecified atom stereocenters. The molecule has 1 heterocycles. The maximum atomic E-state index is 12.1. The van der Waals surface area contributed by atoms with Crippen LogP contribution in [0.1, 0.15) is 31.0 Å². The molecule has 1 saturated carbocycles. The molecule has 0 amide bonds. The Kier molecular flexibility index (Phi) is 4.62. The van der Waals surface area contributed by atoms with E-state index in [0.29, 0.717) is 31.3 Å². The maximum absolute atomic E-state index is 12.1. The summed E-state index contributed by atoms with van der Waals surface area (Å²) >= 11 is 0. The molecule has 2 N–H and O–H groups in total. The fourth-order valence-corrected chi connectivity index (χ4v) is 3.09. The van der Waals surface area contributed by atoms with Gasteiger partial charge in [-0.05, 0) is 25.3 Å². The van der Waals surface area contributed by atoms with Crippen molar-refractivity contribution in [2.75, 3.05) is 20.3 Å². The van der Waals surface area contributed by atoms with Gasteiger partial charge in [0.2, 0.25) is 10.0 Å². The highest BCUT2D eigenvalue weighted by Crippen LogP contribution is 2.37. The first-order valence-electron chi connectivity index (χ1n) is 6.38. The van der Waals surface area contributed by atoms with Gasteiger partial charge in [0.15, 0.2) is 0 Å². The molecule has 0 aromatic carbocycles. The lowest BCUT2D eigenvalue weighted by atomic mass is 10.4. The molecule has 0 bridgehead atoms. The van der Waals surface area contributed by atoms with Gasteiger partial charge in [-0.25, -0.2) is 13.1 Å². The van der Waals surface area contributed by atoms with Crippen molar-refractivity contribution in [3.05, 3.63) is 18.0 Å². The number of aromatic nitrogens is 1. The van der Waals surface area contributed by atoms with Crippen LogP contribution < -0.4 is 4.72 Å². The van der Waals surface area contributed by atoms with Gasteiger partial charge < -0.3 is 14.4 Å². The van der Waals surface area contributed by atoms with Crippen LogP contribution in [0.3, 0.4) is 0 Å². The first-order chi connectivity index (χ1) is 9.08. The first-order valence-corrected chi connectivity index (χ1v) is 7.87. The Morgan fingerprint density at radius 2 is 2.26 bits per heavy atom. The fraction of sp³-hybridized carbons (Fsp3) is 0.667. The predicted molar refractivity (Wildman–Crippen MR) is 70.3 cm³/mol. The number of methoxy groups -OCH3 is 1. The van der Waals surface area contributed by atoms with E-state index in [9.17, 15) is 13.5 Å². The molecule has 1 aliphatic rings. The molecule has 0 saturated heterocycles. The van der Waals surface area contributed by atoms with E-state index in [0.717, 1.165) is 12.8 Å². The smallest absolute Gasteiger partial charge is 0.242 e. The van der Waals surface area contributed by atoms with E-state index in [1.807, 2.05) is 4.57 Å². The second kappa shape index (κ2) is 6.04. The Morgan fingerprint density at radius 3 is 2.84 bits per heavy atom. The van der Waals surface area contributed by atoms with Crippen molar-refractivity contribution in [3.63, 3.8) is 0 Å². The summed E-state index contributed by atoms with van der Waals surface area (Å²) in [5, 5.41) is 9.27. The van der Waals surface area contributed by atoms with Gasteiger partial charge >= 0.3 is 0 Å². The third kappa shape index (κ3) is 3.56. The Hall–Kier alpha value is -0.890. The lowest BCUT2D eigenvalue weighted by Gasteiger charge is -2.04. The van der Waals surface area contributed by atoms with E-state index in [1.54, 1.807) is 13.3 Å². The van der Waals surface area contributed by atoms with Crippen LogP contribution >= 0.6 is 0 Å². The highest BCUT2D eigenvalue weighted by molar-refractivity contribution is 7.89. The molecule has 1 fully saturated rings. The average Bonchev–Trinajstić information content (AvgIpc) is 3.13. The molecule has 0 spiro atoms. The normalized spacial score (nSPS) is 15.9. The number of ether oxygens (including phenoxy) is 1. The van der Waals surface area contributed by atoms with E-state index in [2.05, 4.69) is 4.72 Å². The molecule has 1 aromatic rings. The van der Waals surface area contributed by atoms with Crippen LogP contribution in [0.4, 0.5) is 0 Å². The van der Waals surface area contributed by atoms with Crippen molar-refractivity contribution in [1.29, 1.82) is 0 Å². The molecule has 1 aliphatic carbocycles. The molecular weight excluding hydrogens is 268 g/mol. The number of aliphatic hydroxyl groups is 1. The van der Waals surface area contributed by atoms with Gasteiger partial charge in [-0.3, -0.25) is 0 Å². The highest BCUT2D eigenvalue weighted by atomic mass is 32.2. The highest BCUT2D eigenvalue weighted by Gasteiger charge is 2.27. The summed E-state index contributed by atoms with van der Waals surface area (Å²) < 4.78 is 33.4. The van der Waals surface area contributed by atoms with Gasteiger partial charge in [0.1, 0.15) is 0 Å². The van der Waals surface area contributed by atoms with E-state index in [1.165, 1.54) is 6.07 Å². The molecule has 7 heteroatoms. The molecule has 1 aromatic heterocycles. The summed E-state index contributed by atoms with van der Waals surface area (Å²) in [6.07, 6.45) is 4.33. The minimum absolute atomic E-state index is 0.143. The van der Waals surface area contributed by atoms with Crippen molar-refractivity contribution < 1.29 is 18.3 Å². The number of hydrogen-bond acceptors (Lipinski definition) is 4. The van der Waals surface area contributed by atoms with Crippen molar-refractivity contribution in [2.45, 2.75) is 36.8 Å². The molecule has 0 aliphatic heterocycles. The zero-order chi connectivity index (χ0) is 13.9. The van der Waals surface area contributed by atoms with Crippen molar-refractivity contribution in [2.24, 2.45) is 0 Å². The summed E-state index contributed by atoms with van der Waals surface area (Å²) in [7, 11) is -1.91. The summed E-state index contributed by atoms with van der Waals surface area (Å²) in [5.41, 5.74) is 0.653. The van der Waals surface area contributed by atoms with Gasteiger partial charge in [0, 0.05) is 38.2 Å². The third-order valence-corrected chi connectivity index (χ3v) is 4.56. The fourth-order valence-electron chi connectivity index (χ4n) is 1.97. The number of rotatable bonds is 8. The minimum atomic E-state index is -3.50. The molecule has 19 heavy (non-hydrogen) atoms. The molecular formula is C12H20N2O4S. The summed E-state index contributed by atoms with van der Waals surface area (Å²) in [4.78, 5) is 0.223. The minimum Gasteiger partial charge on any atom is -0.390 e. The van der Waals surface area contributed by atoms with Gasteiger partial charge in [-0.1, -0.05) is 0 Å². The third-order valence-electron chi connectivity index (χ3n) is 3.14. The Bertz CT molecular complexity index is 520.